The van der Waals surface area contributed by atoms with Gasteiger partial charge in [-0.05, 0) is 26.4 Å². The first-order valence-corrected chi connectivity index (χ1v) is 8.33. The molecule has 1 unspecified atom stereocenters. The highest BCUT2D eigenvalue weighted by atomic mass is 16.5. The Morgan fingerprint density at radius 1 is 1.38 bits per heavy atom. The third-order valence-electron chi connectivity index (χ3n) is 5.22. The molecule has 0 radical (unpaired) electrons. The van der Waals surface area contributed by atoms with Crippen LogP contribution in [0.4, 0.5) is 0 Å². The maximum absolute atomic E-state index is 11.3. The van der Waals surface area contributed by atoms with Crippen molar-refractivity contribution < 1.29 is 14.6 Å². The molecule has 5 nitrogen and oxygen atoms in total. The predicted octanol–water partition coefficient (Wildman–Crippen LogP) is 1.82. The van der Waals surface area contributed by atoms with Crippen LogP contribution in [0, 0.1) is 0 Å². The first kappa shape index (κ1) is 16.7. The molecule has 2 aliphatic rings. The van der Waals surface area contributed by atoms with Gasteiger partial charge in [0.25, 0.3) is 0 Å². The molecular weight excluding hydrogens is 268 g/mol. The van der Waals surface area contributed by atoms with Crippen LogP contribution >= 0.6 is 0 Å². The molecule has 1 saturated carbocycles. The van der Waals surface area contributed by atoms with Gasteiger partial charge >= 0.3 is 5.97 Å². The highest BCUT2D eigenvalue weighted by molar-refractivity contribution is 5.68. The minimum atomic E-state index is -0.677. The van der Waals surface area contributed by atoms with Gasteiger partial charge in [-0.1, -0.05) is 26.2 Å². The summed E-state index contributed by atoms with van der Waals surface area (Å²) in [6, 6.07) is 0. The summed E-state index contributed by atoms with van der Waals surface area (Å²) in [7, 11) is 2.09. The molecule has 1 heterocycles. The number of ether oxygens (including phenoxy) is 1. The average molecular weight is 298 g/mol. The lowest BCUT2D eigenvalue weighted by atomic mass is 9.78. The van der Waals surface area contributed by atoms with Crippen molar-refractivity contribution in [1.82, 2.24) is 9.80 Å². The zero-order chi connectivity index (χ0) is 15.3. The van der Waals surface area contributed by atoms with E-state index >= 15 is 0 Å². The number of rotatable bonds is 6. The van der Waals surface area contributed by atoms with E-state index in [1.54, 1.807) is 0 Å². The van der Waals surface area contributed by atoms with E-state index in [9.17, 15) is 9.90 Å². The molecule has 1 aliphatic carbocycles. The molecule has 1 aliphatic heterocycles. The SMILES string of the molecule is CCN1CCOC(CN(C)C2(CC(=O)O)CCCCC2)C1. The summed E-state index contributed by atoms with van der Waals surface area (Å²) < 4.78 is 5.89. The molecular formula is C16H30N2O3. The molecule has 1 saturated heterocycles. The summed E-state index contributed by atoms with van der Waals surface area (Å²) in [5.74, 6) is -0.677. The van der Waals surface area contributed by atoms with Crippen LogP contribution in [-0.4, -0.2) is 72.4 Å². The molecule has 5 heteroatoms. The number of aliphatic carboxylic acids is 1. The number of carboxylic acids is 1. The Kier molecular flexibility index (Phi) is 6.02. The van der Waals surface area contributed by atoms with Crippen LogP contribution in [0.1, 0.15) is 45.4 Å². The molecule has 2 rings (SSSR count). The minimum absolute atomic E-state index is 0.165. The van der Waals surface area contributed by atoms with E-state index in [1.165, 1.54) is 6.42 Å². The zero-order valence-corrected chi connectivity index (χ0v) is 13.5. The summed E-state index contributed by atoms with van der Waals surface area (Å²) in [5, 5.41) is 9.30. The summed E-state index contributed by atoms with van der Waals surface area (Å²) in [6.45, 7) is 6.84. The summed E-state index contributed by atoms with van der Waals surface area (Å²) in [4.78, 5) is 16.0. The van der Waals surface area contributed by atoms with Crippen molar-refractivity contribution in [3.63, 3.8) is 0 Å². The predicted molar refractivity (Wildman–Crippen MR) is 82.6 cm³/mol. The number of morpholine rings is 1. The van der Waals surface area contributed by atoms with Crippen molar-refractivity contribution >= 4 is 5.97 Å². The average Bonchev–Trinajstić information content (AvgIpc) is 2.47. The van der Waals surface area contributed by atoms with E-state index < -0.39 is 5.97 Å². The van der Waals surface area contributed by atoms with Crippen LogP contribution in [0.25, 0.3) is 0 Å². The molecule has 0 bridgehead atoms. The summed E-state index contributed by atoms with van der Waals surface area (Å²) in [5.41, 5.74) is -0.165. The zero-order valence-electron chi connectivity index (χ0n) is 13.5. The monoisotopic (exact) mass is 298 g/mol. The molecule has 21 heavy (non-hydrogen) atoms. The van der Waals surface area contributed by atoms with Crippen molar-refractivity contribution in [3.8, 4) is 0 Å². The van der Waals surface area contributed by atoms with Gasteiger partial charge in [-0.2, -0.15) is 0 Å². The van der Waals surface area contributed by atoms with E-state index in [0.29, 0.717) is 0 Å². The van der Waals surface area contributed by atoms with Crippen molar-refractivity contribution in [1.29, 1.82) is 0 Å². The standard InChI is InChI=1S/C16H30N2O3/c1-3-18-9-10-21-14(13-18)12-17(2)16(11-15(19)20)7-5-4-6-8-16/h14H,3-13H2,1-2H3,(H,19,20). The van der Waals surface area contributed by atoms with Crippen LogP contribution in [0.15, 0.2) is 0 Å². The topological polar surface area (TPSA) is 53.0 Å². The number of carbonyl (C=O) groups is 1. The highest BCUT2D eigenvalue weighted by Gasteiger charge is 2.39. The van der Waals surface area contributed by atoms with Gasteiger partial charge in [0.15, 0.2) is 0 Å². The third-order valence-corrected chi connectivity index (χ3v) is 5.22. The molecule has 0 aromatic carbocycles. The van der Waals surface area contributed by atoms with Gasteiger partial charge in [0.1, 0.15) is 0 Å². The fourth-order valence-electron chi connectivity index (χ4n) is 3.86. The Morgan fingerprint density at radius 3 is 2.71 bits per heavy atom. The quantitative estimate of drug-likeness (QED) is 0.810. The molecule has 122 valence electrons. The second-order valence-corrected chi connectivity index (χ2v) is 6.62. The molecule has 0 amide bonds. The van der Waals surface area contributed by atoms with Crippen molar-refractivity contribution in [2.24, 2.45) is 0 Å². The maximum Gasteiger partial charge on any atom is 0.305 e. The van der Waals surface area contributed by atoms with E-state index in [2.05, 4.69) is 23.8 Å². The van der Waals surface area contributed by atoms with Gasteiger partial charge in [-0.25, -0.2) is 0 Å². The van der Waals surface area contributed by atoms with Gasteiger partial charge in [-0.15, -0.1) is 0 Å². The second kappa shape index (κ2) is 7.56. The van der Waals surface area contributed by atoms with Crippen molar-refractivity contribution in [2.45, 2.75) is 57.1 Å². The van der Waals surface area contributed by atoms with E-state index in [-0.39, 0.29) is 18.1 Å². The summed E-state index contributed by atoms with van der Waals surface area (Å²) in [6.07, 6.45) is 5.98. The molecule has 1 atom stereocenters. The fourth-order valence-corrected chi connectivity index (χ4v) is 3.86. The van der Waals surface area contributed by atoms with Gasteiger partial charge in [-0.3, -0.25) is 14.6 Å². The molecule has 1 N–H and O–H groups in total. The first-order chi connectivity index (χ1) is 10.1. The normalized spacial score (nSPS) is 26.9. The Morgan fingerprint density at radius 2 is 2.10 bits per heavy atom. The van der Waals surface area contributed by atoms with E-state index in [4.69, 9.17) is 4.74 Å². The van der Waals surface area contributed by atoms with Crippen LogP contribution in [0.3, 0.4) is 0 Å². The molecule has 0 aromatic rings. The largest absolute Gasteiger partial charge is 0.481 e. The lowest BCUT2D eigenvalue weighted by molar-refractivity contribution is -0.142. The first-order valence-electron chi connectivity index (χ1n) is 8.33. The number of likely N-dealkylation sites (N-methyl/N-ethyl adjacent to an activating group) is 2. The fraction of sp³-hybridized carbons (Fsp3) is 0.938. The van der Waals surface area contributed by atoms with Crippen LogP contribution in [0.5, 0.6) is 0 Å². The number of carboxylic acid groups (broad SMARTS) is 1. The van der Waals surface area contributed by atoms with Crippen LogP contribution in [0.2, 0.25) is 0 Å². The lowest BCUT2D eigenvalue weighted by Crippen LogP contribution is -2.55. The Hall–Kier alpha value is -0.650. The number of hydrogen-bond acceptors (Lipinski definition) is 4. The number of nitrogens with zero attached hydrogens (tertiary/aromatic N) is 2. The van der Waals surface area contributed by atoms with Crippen LogP contribution in [-0.2, 0) is 9.53 Å². The van der Waals surface area contributed by atoms with E-state index in [1.807, 2.05) is 0 Å². The second-order valence-electron chi connectivity index (χ2n) is 6.62. The Bertz CT molecular complexity index is 342. The Balaban J connectivity index is 1.97. The summed E-state index contributed by atoms with van der Waals surface area (Å²) >= 11 is 0. The van der Waals surface area contributed by atoms with Crippen molar-refractivity contribution in [2.75, 3.05) is 39.8 Å². The highest BCUT2D eigenvalue weighted by Crippen LogP contribution is 2.36. The van der Waals surface area contributed by atoms with Gasteiger partial charge in [0.2, 0.25) is 0 Å². The molecule has 0 spiro atoms. The van der Waals surface area contributed by atoms with E-state index in [0.717, 1.165) is 58.5 Å². The number of hydrogen-bond donors (Lipinski definition) is 1. The maximum atomic E-state index is 11.3. The van der Waals surface area contributed by atoms with Gasteiger partial charge in [0.05, 0.1) is 19.1 Å². The van der Waals surface area contributed by atoms with Gasteiger partial charge < -0.3 is 9.84 Å². The lowest BCUT2D eigenvalue weighted by Gasteiger charge is -2.46. The van der Waals surface area contributed by atoms with Crippen LogP contribution < -0.4 is 0 Å². The third kappa shape index (κ3) is 4.41. The van der Waals surface area contributed by atoms with Crippen molar-refractivity contribution in [3.05, 3.63) is 0 Å². The molecule has 2 fully saturated rings. The van der Waals surface area contributed by atoms with Gasteiger partial charge in [0, 0.05) is 25.2 Å². The Labute approximate surface area is 128 Å². The molecule has 0 aromatic heterocycles. The minimum Gasteiger partial charge on any atom is -0.481 e. The smallest absolute Gasteiger partial charge is 0.305 e.